The molecule has 0 aliphatic carbocycles. The van der Waals surface area contributed by atoms with Crippen molar-refractivity contribution in [3.05, 3.63) is 67.0 Å². The minimum Gasteiger partial charge on any atom is -0.490 e. The molecule has 0 atom stereocenters. The normalized spacial score (nSPS) is 16.5. The van der Waals surface area contributed by atoms with Crippen molar-refractivity contribution in [1.29, 1.82) is 0 Å². The van der Waals surface area contributed by atoms with Gasteiger partial charge in [0.25, 0.3) is 16.8 Å². The molecule has 2 saturated heterocycles. The minimum atomic E-state index is -0.511. The summed E-state index contributed by atoms with van der Waals surface area (Å²) in [4.78, 5) is 51.3. The first kappa shape index (κ1) is 26.7. The molecule has 2 aromatic rings. The van der Waals surface area contributed by atoms with E-state index in [0.29, 0.717) is 46.8 Å². The lowest BCUT2D eigenvalue weighted by Crippen LogP contribution is -2.40. The summed E-state index contributed by atoms with van der Waals surface area (Å²) in [5.74, 6) is 0.0575. The number of carbonyl (C=O) groups is 3. The van der Waals surface area contributed by atoms with Crippen molar-refractivity contribution in [3.8, 4) is 11.5 Å². The third-order valence-corrected chi connectivity index (χ3v) is 7.26. The SMILES string of the molecule is CCOc1cc(/C=C2/SC(=O)N(CC(=O)N3CCCC3)C2=O)cc(Br)c1OCc1cccc([N+](=O)[O-])c1. The fourth-order valence-electron chi connectivity index (χ4n) is 3.98. The zero-order valence-corrected chi connectivity index (χ0v) is 22.4. The molecular formula is C25H24BrN3O7S. The molecule has 0 saturated carbocycles. The smallest absolute Gasteiger partial charge is 0.294 e. The largest absolute Gasteiger partial charge is 0.490 e. The predicted molar refractivity (Wildman–Crippen MR) is 141 cm³/mol. The first-order valence-corrected chi connectivity index (χ1v) is 13.2. The summed E-state index contributed by atoms with van der Waals surface area (Å²) in [6.07, 6.45) is 3.42. The van der Waals surface area contributed by atoms with Crippen molar-refractivity contribution in [3.63, 3.8) is 0 Å². The van der Waals surface area contributed by atoms with E-state index >= 15 is 0 Å². The van der Waals surface area contributed by atoms with Crippen molar-refractivity contribution in [2.75, 3.05) is 26.2 Å². The quantitative estimate of drug-likeness (QED) is 0.228. The van der Waals surface area contributed by atoms with Gasteiger partial charge in [0.05, 0.1) is 20.9 Å². The third-order valence-electron chi connectivity index (χ3n) is 5.76. The van der Waals surface area contributed by atoms with E-state index in [1.807, 2.05) is 6.92 Å². The maximum absolute atomic E-state index is 12.9. The average molecular weight is 590 g/mol. The number of non-ortho nitro benzene ring substituents is 1. The van der Waals surface area contributed by atoms with Crippen LogP contribution >= 0.6 is 27.7 Å². The van der Waals surface area contributed by atoms with Crippen LogP contribution < -0.4 is 9.47 Å². The number of rotatable bonds is 9. The molecule has 194 valence electrons. The van der Waals surface area contributed by atoms with Gasteiger partial charge in [0.15, 0.2) is 11.5 Å². The maximum atomic E-state index is 12.9. The second-order valence-electron chi connectivity index (χ2n) is 8.33. The number of carbonyl (C=O) groups excluding carboxylic acids is 3. The summed E-state index contributed by atoms with van der Waals surface area (Å²) < 4.78 is 12.2. The summed E-state index contributed by atoms with van der Waals surface area (Å²) in [7, 11) is 0. The van der Waals surface area contributed by atoms with Crippen LogP contribution in [-0.4, -0.2) is 58.0 Å². The summed E-state index contributed by atoms with van der Waals surface area (Å²) >= 11 is 4.26. The van der Waals surface area contributed by atoms with Gasteiger partial charge in [-0.2, -0.15) is 0 Å². The van der Waals surface area contributed by atoms with Crippen LogP contribution in [0.1, 0.15) is 30.9 Å². The van der Waals surface area contributed by atoms with E-state index in [-0.39, 0.29) is 29.7 Å². The van der Waals surface area contributed by atoms with Crippen LogP contribution in [0.4, 0.5) is 10.5 Å². The van der Waals surface area contributed by atoms with Gasteiger partial charge in [-0.3, -0.25) is 29.4 Å². The number of hydrogen-bond donors (Lipinski definition) is 0. The van der Waals surface area contributed by atoms with E-state index in [1.165, 1.54) is 12.1 Å². The first-order chi connectivity index (χ1) is 17.8. The van der Waals surface area contributed by atoms with Gasteiger partial charge in [-0.25, -0.2) is 0 Å². The number of nitrogens with zero attached hydrogens (tertiary/aromatic N) is 3. The third kappa shape index (κ3) is 6.31. The second kappa shape index (κ2) is 11.8. The van der Waals surface area contributed by atoms with Crippen LogP contribution in [0.2, 0.25) is 0 Å². The van der Waals surface area contributed by atoms with E-state index in [1.54, 1.807) is 35.2 Å². The molecule has 3 amide bonds. The molecule has 37 heavy (non-hydrogen) atoms. The van der Waals surface area contributed by atoms with E-state index in [9.17, 15) is 24.5 Å². The average Bonchev–Trinajstić information content (AvgIpc) is 3.49. The van der Waals surface area contributed by atoms with Gasteiger partial charge in [-0.05, 0) is 76.8 Å². The Balaban J connectivity index is 1.51. The van der Waals surface area contributed by atoms with Crippen LogP contribution in [-0.2, 0) is 16.2 Å². The van der Waals surface area contributed by atoms with Crippen LogP contribution in [0.3, 0.4) is 0 Å². The molecule has 0 N–H and O–H groups in total. The van der Waals surface area contributed by atoms with Gasteiger partial charge in [0.2, 0.25) is 5.91 Å². The van der Waals surface area contributed by atoms with Gasteiger partial charge >= 0.3 is 0 Å². The topological polar surface area (TPSA) is 119 Å². The van der Waals surface area contributed by atoms with Crippen molar-refractivity contribution in [1.82, 2.24) is 9.80 Å². The highest BCUT2D eigenvalue weighted by Crippen LogP contribution is 2.40. The zero-order valence-electron chi connectivity index (χ0n) is 20.0. The molecule has 0 bridgehead atoms. The number of halogens is 1. The molecule has 0 spiro atoms. The fraction of sp³-hybridized carbons (Fsp3) is 0.320. The monoisotopic (exact) mass is 589 g/mol. The molecule has 10 nitrogen and oxygen atoms in total. The standard InChI is InChI=1S/C25H24BrN3O7S/c1-2-35-20-12-17(11-19(26)23(20)36-15-16-6-5-7-18(10-16)29(33)34)13-21-24(31)28(25(32)37-21)14-22(30)27-8-3-4-9-27/h5-7,10-13H,2-4,8-9,14-15H2,1H3/b21-13+. The molecule has 12 heteroatoms. The van der Waals surface area contributed by atoms with E-state index in [4.69, 9.17) is 9.47 Å². The van der Waals surface area contributed by atoms with E-state index < -0.39 is 16.1 Å². The summed E-state index contributed by atoms with van der Waals surface area (Å²) in [6.45, 7) is 3.26. The Hall–Kier alpha value is -3.38. The number of hydrogen-bond acceptors (Lipinski definition) is 8. The molecule has 0 unspecified atom stereocenters. The second-order valence-corrected chi connectivity index (χ2v) is 10.2. The van der Waals surface area contributed by atoms with Crippen molar-refractivity contribution < 1.29 is 28.8 Å². The number of ether oxygens (including phenoxy) is 2. The summed E-state index contributed by atoms with van der Waals surface area (Å²) in [5, 5.41) is 10.6. The first-order valence-electron chi connectivity index (χ1n) is 11.6. The Morgan fingerprint density at radius 1 is 1.19 bits per heavy atom. The lowest BCUT2D eigenvalue weighted by atomic mass is 10.1. The molecule has 4 rings (SSSR count). The maximum Gasteiger partial charge on any atom is 0.294 e. The summed E-state index contributed by atoms with van der Waals surface area (Å²) in [5.41, 5.74) is 1.18. The molecule has 2 heterocycles. The molecule has 2 fully saturated rings. The fourth-order valence-corrected chi connectivity index (χ4v) is 5.39. The van der Waals surface area contributed by atoms with Gasteiger partial charge in [0.1, 0.15) is 13.2 Å². The Kier molecular flexibility index (Phi) is 8.49. The number of nitro groups is 1. The lowest BCUT2D eigenvalue weighted by molar-refractivity contribution is -0.384. The van der Waals surface area contributed by atoms with Crippen molar-refractivity contribution >= 4 is 56.5 Å². The highest BCUT2D eigenvalue weighted by atomic mass is 79.9. The predicted octanol–water partition coefficient (Wildman–Crippen LogP) is 4.99. The molecule has 2 aromatic carbocycles. The molecule has 0 aromatic heterocycles. The van der Waals surface area contributed by atoms with Gasteiger partial charge in [-0.15, -0.1) is 0 Å². The Labute approximate surface area is 225 Å². The number of benzene rings is 2. The summed E-state index contributed by atoms with van der Waals surface area (Å²) in [6, 6.07) is 9.55. The number of thioether (sulfide) groups is 1. The van der Waals surface area contributed by atoms with Gasteiger partial charge in [0, 0.05) is 25.2 Å². The van der Waals surface area contributed by atoms with E-state index in [0.717, 1.165) is 29.5 Å². The highest BCUT2D eigenvalue weighted by molar-refractivity contribution is 9.10. The number of imide groups is 1. The molecule has 2 aliphatic rings. The molecule has 0 radical (unpaired) electrons. The Morgan fingerprint density at radius 3 is 2.65 bits per heavy atom. The Morgan fingerprint density at radius 2 is 1.95 bits per heavy atom. The highest BCUT2D eigenvalue weighted by Gasteiger charge is 2.37. The van der Waals surface area contributed by atoms with Crippen LogP contribution in [0.5, 0.6) is 11.5 Å². The van der Waals surface area contributed by atoms with Crippen molar-refractivity contribution in [2.24, 2.45) is 0 Å². The lowest BCUT2D eigenvalue weighted by Gasteiger charge is -2.18. The Bertz CT molecular complexity index is 1280. The minimum absolute atomic E-state index is 0.0309. The number of nitro benzene ring substituents is 1. The number of likely N-dealkylation sites (tertiary alicyclic amines) is 1. The number of amides is 3. The van der Waals surface area contributed by atoms with Gasteiger partial charge < -0.3 is 14.4 Å². The van der Waals surface area contributed by atoms with Crippen molar-refractivity contribution in [2.45, 2.75) is 26.4 Å². The van der Waals surface area contributed by atoms with Crippen LogP contribution in [0.25, 0.3) is 6.08 Å². The van der Waals surface area contributed by atoms with Gasteiger partial charge in [-0.1, -0.05) is 12.1 Å². The van der Waals surface area contributed by atoms with E-state index in [2.05, 4.69) is 15.9 Å². The van der Waals surface area contributed by atoms with Crippen LogP contribution in [0, 0.1) is 10.1 Å². The van der Waals surface area contributed by atoms with Crippen LogP contribution in [0.15, 0.2) is 45.8 Å². The molecule has 2 aliphatic heterocycles. The molecular weight excluding hydrogens is 566 g/mol. The zero-order chi connectivity index (χ0) is 26.5.